The lowest BCUT2D eigenvalue weighted by Gasteiger charge is -2.35. The highest BCUT2D eigenvalue weighted by molar-refractivity contribution is 6.30. The maximum atomic E-state index is 14.0. The minimum absolute atomic E-state index is 0.0424. The predicted octanol–water partition coefficient (Wildman–Crippen LogP) is 6.17. The van der Waals surface area contributed by atoms with Gasteiger partial charge in [-0.1, -0.05) is 48.0 Å². The number of anilines is 3. The zero-order valence-electron chi connectivity index (χ0n) is 21.9. The molecule has 2 N–H and O–H groups in total. The number of hydrogen-bond donors (Lipinski definition) is 2. The van der Waals surface area contributed by atoms with Crippen molar-refractivity contribution in [2.24, 2.45) is 0 Å². The highest BCUT2D eigenvalue weighted by Crippen LogP contribution is 2.47. The van der Waals surface area contributed by atoms with E-state index >= 15 is 0 Å². The summed E-state index contributed by atoms with van der Waals surface area (Å²) in [4.78, 5) is 42.7. The Hall–Kier alpha value is -4.10. The van der Waals surface area contributed by atoms with E-state index in [9.17, 15) is 19.5 Å². The number of carbonyl (C=O) groups excluding carboxylic acids is 2. The lowest BCUT2D eigenvalue weighted by atomic mass is 9.78. The molecule has 8 heteroatoms. The fraction of sp³-hybridized carbons (Fsp3) is 0.258. The number of rotatable bonds is 6. The zero-order valence-corrected chi connectivity index (χ0v) is 22.6. The number of benzene rings is 3. The second kappa shape index (κ2) is 10.9. The van der Waals surface area contributed by atoms with E-state index in [2.05, 4.69) is 5.32 Å². The first-order chi connectivity index (χ1) is 18.7. The Kier molecular flexibility index (Phi) is 7.44. The van der Waals surface area contributed by atoms with Gasteiger partial charge in [0.1, 0.15) is 0 Å². The largest absolute Gasteiger partial charge is 0.481 e. The Morgan fingerprint density at radius 1 is 0.949 bits per heavy atom. The highest BCUT2D eigenvalue weighted by Gasteiger charge is 2.41. The fourth-order valence-corrected chi connectivity index (χ4v) is 5.57. The van der Waals surface area contributed by atoms with E-state index in [4.69, 9.17) is 11.6 Å². The van der Waals surface area contributed by atoms with E-state index in [1.165, 1.54) is 0 Å². The molecule has 0 bridgehead atoms. The highest BCUT2D eigenvalue weighted by atomic mass is 35.5. The molecular formula is C31H30ClN3O4. The molecule has 2 aliphatic rings. The van der Waals surface area contributed by atoms with Crippen LogP contribution in [0.25, 0.3) is 0 Å². The number of aliphatic carboxylic acids is 1. The summed E-state index contributed by atoms with van der Waals surface area (Å²) >= 11 is 6.11. The third-order valence-electron chi connectivity index (χ3n) is 7.38. The topological polar surface area (TPSA) is 90.0 Å². The van der Waals surface area contributed by atoms with Gasteiger partial charge in [0.2, 0.25) is 5.91 Å². The van der Waals surface area contributed by atoms with Crippen LogP contribution in [0.3, 0.4) is 0 Å². The van der Waals surface area contributed by atoms with E-state index in [1.54, 1.807) is 4.90 Å². The molecule has 7 nitrogen and oxygen atoms in total. The van der Waals surface area contributed by atoms with Crippen molar-refractivity contribution >= 4 is 46.3 Å². The molecule has 0 saturated carbocycles. The van der Waals surface area contributed by atoms with Crippen molar-refractivity contribution < 1.29 is 19.5 Å². The molecule has 0 radical (unpaired) electrons. The van der Waals surface area contributed by atoms with Crippen molar-refractivity contribution in [3.8, 4) is 0 Å². The van der Waals surface area contributed by atoms with Crippen LogP contribution in [0.4, 0.5) is 17.1 Å². The van der Waals surface area contributed by atoms with Gasteiger partial charge in [0.15, 0.2) is 5.78 Å². The molecule has 0 aromatic heterocycles. The molecule has 2 atom stereocenters. The number of hydrogen-bond acceptors (Lipinski definition) is 5. The Morgan fingerprint density at radius 3 is 2.28 bits per heavy atom. The Labute approximate surface area is 232 Å². The fourth-order valence-electron chi connectivity index (χ4n) is 5.44. The molecule has 1 heterocycles. The summed E-state index contributed by atoms with van der Waals surface area (Å²) in [5.74, 6) is -1.49. The Balaban J connectivity index is 1.67. The van der Waals surface area contributed by atoms with Gasteiger partial charge in [-0.3, -0.25) is 19.3 Å². The molecular weight excluding hydrogens is 514 g/mol. The van der Waals surface area contributed by atoms with Crippen molar-refractivity contribution in [3.05, 3.63) is 100 Å². The molecule has 0 unspecified atom stereocenters. The summed E-state index contributed by atoms with van der Waals surface area (Å²) in [6, 6.07) is 22.1. The summed E-state index contributed by atoms with van der Waals surface area (Å²) in [6.07, 6.45) is 0.401. The number of halogens is 1. The van der Waals surface area contributed by atoms with Crippen LogP contribution in [-0.2, 0) is 14.4 Å². The second-order valence-corrected chi connectivity index (χ2v) is 10.6. The van der Waals surface area contributed by atoms with Crippen molar-refractivity contribution in [1.82, 2.24) is 0 Å². The van der Waals surface area contributed by atoms with Gasteiger partial charge >= 0.3 is 5.97 Å². The second-order valence-electron chi connectivity index (χ2n) is 10.2. The van der Waals surface area contributed by atoms with E-state index < -0.39 is 12.0 Å². The molecule has 0 spiro atoms. The predicted molar refractivity (Wildman–Crippen MR) is 153 cm³/mol. The molecule has 39 heavy (non-hydrogen) atoms. The molecule has 3 aromatic rings. The van der Waals surface area contributed by atoms with Gasteiger partial charge in [0.05, 0.1) is 23.8 Å². The van der Waals surface area contributed by atoms with Crippen molar-refractivity contribution in [1.29, 1.82) is 0 Å². The first-order valence-electron chi connectivity index (χ1n) is 12.9. The smallest absolute Gasteiger partial charge is 0.303 e. The number of ketones is 1. The van der Waals surface area contributed by atoms with E-state index in [1.807, 2.05) is 91.8 Å². The van der Waals surface area contributed by atoms with Gasteiger partial charge in [-0.15, -0.1) is 0 Å². The molecule has 1 aliphatic carbocycles. The first kappa shape index (κ1) is 26.5. The standard InChI is InChI=1S/C31H30ClN3O4/c1-34(2)23-13-9-20(10-14-23)31-30-25(17-21(18-27(30)36)19-7-11-22(32)12-8-19)33-24-5-3-4-6-26(24)35(31)28(37)15-16-29(38)39/h3-14,21,31,33H,15-18H2,1-2H3,(H,38,39)/t21-,31+/m1/s1. The quantitative estimate of drug-likeness (QED) is 0.386. The number of amides is 1. The summed E-state index contributed by atoms with van der Waals surface area (Å²) in [7, 11) is 3.90. The van der Waals surface area contributed by atoms with Gasteiger partial charge in [0, 0.05) is 48.9 Å². The molecule has 200 valence electrons. The Bertz CT molecular complexity index is 1450. The molecule has 3 aromatic carbocycles. The lowest BCUT2D eigenvalue weighted by Crippen LogP contribution is -2.38. The number of nitrogens with zero attached hydrogens (tertiary/aromatic N) is 2. The normalized spacial score (nSPS) is 18.5. The summed E-state index contributed by atoms with van der Waals surface area (Å²) < 4.78 is 0. The average molecular weight is 544 g/mol. The number of nitrogens with one attached hydrogen (secondary N) is 1. The average Bonchev–Trinajstić information content (AvgIpc) is 3.07. The number of carbonyl (C=O) groups is 3. The van der Waals surface area contributed by atoms with Crippen LogP contribution in [0.15, 0.2) is 84.1 Å². The van der Waals surface area contributed by atoms with Gasteiger partial charge < -0.3 is 15.3 Å². The van der Waals surface area contributed by atoms with Crippen LogP contribution >= 0.6 is 11.6 Å². The van der Waals surface area contributed by atoms with Crippen LogP contribution in [0.5, 0.6) is 0 Å². The van der Waals surface area contributed by atoms with Crippen molar-refractivity contribution in [2.45, 2.75) is 37.6 Å². The maximum absolute atomic E-state index is 14.0. The molecule has 5 rings (SSSR count). The van der Waals surface area contributed by atoms with E-state index in [-0.39, 0.29) is 30.4 Å². The van der Waals surface area contributed by atoms with Crippen LogP contribution in [0.1, 0.15) is 48.8 Å². The number of para-hydroxylation sites is 2. The minimum atomic E-state index is -1.05. The maximum Gasteiger partial charge on any atom is 0.303 e. The molecule has 1 aliphatic heterocycles. The minimum Gasteiger partial charge on any atom is -0.481 e. The van der Waals surface area contributed by atoms with Gasteiger partial charge in [-0.05, 0) is 59.9 Å². The number of carboxylic acid groups (broad SMARTS) is 1. The van der Waals surface area contributed by atoms with Gasteiger partial charge in [-0.2, -0.15) is 0 Å². The Morgan fingerprint density at radius 2 is 1.62 bits per heavy atom. The van der Waals surface area contributed by atoms with Crippen LogP contribution in [0, 0.1) is 0 Å². The summed E-state index contributed by atoms with van der Waals surface area (Å²) in [5, 5.41) is 13.4. The van der Waals surface area contributed by atoms with E-state index in [0.29, 0.717) is 34.8 Å². The molecule has 1 amide bonds. The molecule has 0 saturated heterocycles. The third kappa shape index (κ3) is 5.40. The van der Waals surface area contributed by atoms with Crippen molar-refractivity contribution in [2.75, 3.05) is 29.2 Å². The number of fused-ring (bicyclic) bond motifs is 1. The van der Waals surface area contributed by atoms with Crippen LogP contribution in [0.2, 0.25) is 5.02 Å². The summed E-state index contributed by atoms with van der Waals surface area (Å²) in [5.41, 5.74) is 5.42. The lowest BCUT2D eigenvalue weighted by molar-refractivity contribution is -0.138. The molecule has 0 fully saturated rings. The number of carboxylic acids is 1. The number of allylic oxidation sites excluding steroid dienone is 1. The SMILES string of the molecule is CN(C)c1ccc([C@H]2C3=C(C[C@@H](c4ccc(Cl)cc4)CC3=O)Nc3ccccc3N2C(=O)CCC(=O)O)cc1. The number of Topliss-reactive ketones (excluding diaryl/α,β-unsaturated/α-hetero) is 1. The monoisotopic (exact) mass is 543 g/mol. The third-order valence-corrected chi connectivity index (χ3v) is 7.63. The van der Waals surface area contributed by atoms with Gasteiger partial charge in [0.25, 0.3) is 0 Å². The van der Waals surface area contributed by atoms with Crippen LogP contribution in [-0.4, -0.2) is 36.9 Å². The first-order valence-corrected chi connectivity index (χ1v) is 13.3. The van der Waals surface area contributed by atoms with Crippen molar-refractivity contribution in [3.63, 3.8) is 0 Å². The van der Waals surface area contributed by atoms with Gasteiger partial charge in [-0.25, -0.2) is 0 Å². The summed E-state index contributed by atoms with van der Waals surface area (Å²) in [6.45, 7) is 0. The van der Waals surface area contributed by atoms with E-state index in [0.717, 1.165) is 22.5 Å². The zero-order chi connectivity index (χ0) is 27.7. The van der Waals surface area contributed by atoms with Crippen LogP contribution < -0.4 is 15.1 Å².